The van der Waals surface area contributed by atoms with Crippen molar-refractivity contribution in [2.24, 2.45) is 5.73 Å². The molecule has 1 amide bonds. The molecule has 6 nitrogen and oxygen atoms in total. The van der Waals surface area contributed by atoms with Gasteiger partial charge in [0, 0.05) is 19.1 Å². The SMILES string of the molecule is NC1CCN(CC(=O)Nc2ncc(Br)nc2Br)CC1. The smallest absolute Gasteiger partial charge is 0.239 e. The number of piperidine rings is 1. The van der Waals surface area contributed by atoms with Gasteiger partial charge in [0.2, 0.25) is 5.91 Å². The van der Waals surface area contributed by atoms with Crippen LogP contribution in [0.3, 0.4) is 0 Å². The van der Waals surface area contributed by atoms with E-state index in [9.17, 15) is 4.79 Å². The topological polar surface area (TPSA) is 84.1 Å². The minimum Gasteiger partial charge on any atom is -0.328 e. The van der Waals surface area contributed by atoms with Gasteiger partial charge < -0.3 is 11.1 Å². The molecule has 0 atom stereocenters. The maximum atomic E-state index is 11.9. The molecule has 0 unspecified atom stereocenters. The average Bonchev–Trinajstić information content (AvgIpc) is 2.36. The molecule has 1 aliphatic rings. The normalized spacial score (nSPS) is 17.4. The van der Waals surface area contributed by atoms with Gasteiger partial charge in [0.15, 0.2) is 5.82 Å². The first-order chi connectivity index (χ1) is 9.04. The van der Waals surface area contributed by atoms with Gasteiger partial charge in [-0.25, -0.2) is 9.97 Å². The fraction of sp³-hybridized carbons (Fsp3) is 0.545. The Labute approximate surface area is 128 Å². The Morgan fingerprint density at radius 2 is 2.16 bits per heavy atom. The van der Waals surface area contributed by atoms with Crippen LogP contribution in [0.4, 0.5) is 5.82 Å². The molecule has 0 saturated carbocycles. The highest BCUT2D eigenvalue weighted by Crippen LogP contribution is 2.19. The summed E-state index contributed by atoms with van der Waals surface area (Å²) in [5.74, 6) is 0.342. The van der Waals surface area contributed by atoms with Crippen molar-refractivity contribution in [3.8, 4) is 0 Å². The molecule has 104 valence electrons. The number of anilines is 1. The van der Waals surface area contributed by atoms with Gasteiger partial charge in [0.05, 0.1) is 12.7 Å². The summed E-state index contributed by atoms with van der Waals surface area (Å²) >= 11 is 6.47. The molecule has 1 aliphatic heterocycles. The van der Waals surface area contributed by atoms with E-state index in [0.29, 0.717) is 21.6 Å². The van der Waals surface area contributed by atoms with E-state index < -0.39 is 0 Å². The lowest BCUT2D eigenvalue weighted by Gasteiger charge is -2.29. The van der Waals surface area contributed by atoms with Gasteiger partial charge >= 0.3 is 0 Å². The second kappa shape index (κ2) is 6.74. The van der Waals surface area contributed by atoms with E-state index in [4.69, 9.17) is 5.73 Å². The predicted octanol–water partition coefficient (Wildman–Crippen LogP) is 1.36. The van der Waals surface area contributed by atoms with Crippen LogP contribution < -0.4 is 11.1 Å². The zero-order valence-electron chi connectivity index (χ0n) is 10.3. The van der Waals surface area contributed by atoms with E-state index >= 15 is 0 Å². The van der Waals surface area contributed by atoms with E-state index in [1.54, 1.807) is 6.20 Å². The monoisotopic (exact) mass is 391 g/mol. The van der Waals surface area contributed by atoms with Crippen LogP contribution in [0, 0.1) is 0 Å². The summed E-state index contributed by atoms with van der Waals surface area (Å²) in [6.45, 7) is 2.08. The van der Waals surface area contributed by atoms with Crippen molar-refractivity contribution in [3.05, 3.63) is 15.4 Å². The Bertz CT molecular complexity index is 462. The molecule has 1 aromatic rings. The zero-order valence-corrected chi connectivity index (χ0v) is 13.4. The second-order valence-electron chi connectivity index (χ2n) is 4.49. The molecular weight excluding hydrogens is 378 g/mol. The van der Waals surface area contributed by atoms with Crippen LogP contribution in [-0.4, -0.2) is 46.5 Å². The number of aromatic nitrogens is 2. The number of likely N-dealkylation sites (tertiary alicyclic amines) is 1. The minimum absolute atomic E-state index is 0.0900. The number of hydrogen-bond acceptors (Lipinski definition) is 5. The number of halogens is 2. The van der Waals surface area contributed by atoms with Crippen LogP contribution in [0.5, 0.6) is 0 Å². The Kier molecular flexibility index (Phi) is 5.26. The van der Waals surface area contributed by atoms with Crippen LogP contribution in [0.2, 0.25) is 0 Å². The van der Waals surface area contributed by atoms with Crippen molar-refractivity contribution in [2.45, 2.75) is 18.9 Å². The first-order valence-corrected chi connectivity index (χ1v) is 7.59. The number of amides is 1. The summed E-state index contributed by atoms with van der Waals surface area (Å²) in [7, 11) is 0. The fourth-order valence-electron chi connectivity index (χ4n) is 1.92. The van der Waals surface area contributed by atoms with Gasteiger partial charge in [-0.1, -0.05) is 0 Å². The average molecular weight is 393 g/mol. The van der Waals surface area contributed by atoms with Gasteiger partial charge in [0.25, 0.3) is 0 Å². The van der Waals surface area contributed by atoms with Crippen molar-refractivity contribution in [3.63, 3.8) is 0 Å². The van der Waals surface area contributed by atoms with Gasteiger partial charge in [-0.3, -0.25) is 9.69 Å². The Morgan fingerprint density at radius 3 is 2.79 bits per heavy atom. The van der Waals surface area contributed by atoms with Gasteiger partial charge in [0.1, 0.15) is 9.21 Å². The number of rotatable bonds is 3. The molecule has 3 N–H and O–H groups in total. The lowest BCUT2D eigenvalue weighted by Crippen LogP contribution is -2.43. The van der Waals surface area contributed by atoms with E-state index in [1.165, 1.54) is 0 Å². The quantitative estimate of drug-likeness (QED) is 0.811. The Morgan fingerprint density at radius 1 is 1.47 bits per heavy atom. The van der Waals surface area contributed by atoms with Gasteiger partial charge in [-0.05, 0) is 44.7 Å². The van der Waals surface area contributed by atoms with E-state index in [1.807, 2.05) is 0 Å². The van der Waals surface area contributed by atoms with Crippen molar-refractivity contribution < 1.29 is 4.79 Å². The highest BCUT2D eigenvalue weighted by molar-refractivity contribution is 9.11. The van der Waals surface area contributed by atoms with Crippen LogP contribution in [0.1, 0.15) is 12.8 Å². The zero-order chi connectivity index (χ0) is 13.8. The number of carbonyl (C=O) groups excluding carboxylic acids is 1. The fourth-order valence-corrected chi connectivity index (χ4v) is 2.83. The number of nitrogens with one attached hydrogen (secondary N) is 1. The summed E-state index contributed by atoms with van der Waals surface area (Å²) in [5, 5.41) is 2.74. The third-order valence-corrected chi connectivity index (χ3v) is 3.89. The van der Waals surface area contributed by atoms with E-state index in [0.717, 1.165) is 25.9 Å². The van der Waals surface area contributed by atoms with Crippen molar-refractivity contribution >= 4 is 43.6 Å². The van der Waals surface area contributed by atoms with Crippen molar-refractivity contribution in [2.75, 3.05) is 25.0 Å². The highest BCUT2D eigenvalue weighted by Gasteiger charge is 2.18. The first-order valence-electron chi connectivity index (χ1n) is 6.00. The molecule has 2 heterocycles. The predicted molar refractivity (Wildman–Crippen MR) is 79.7 cm³/mol. The maximum absolute atomic E-state index is 11.9. The molecular formula is C11H15Br2N5O. The van der Waals surface area contributed by atoms with Crippen molar-refractivity contribution in [1.29, 1.82) is 0 Å². The van der Waals surface area contributed by atoms with Crippen LogP contribution >= 0.6 is 31.9 Å². The van der Waals surface area contributed by atoms with Crippen LogP contribution in [-0.2, 0) is 4.79 Å². The lowest BCUT2D eigenvalue weighted by atomic mass is 10.1. The molecule has 2 rings (SSSR count). The molecule has 0 spiro atoms. The molecule has 0 bridgehead atoms. The largest absolute Gasteiger partial charge is 0.328 e. The number of nitrogens with two attached hydrogens (primary N) is 1. The summed E-state index contributed by atoms with van der Waals surface area (Å²) in [4.78, 5) is 22.2. The summed E-state index contributed by atoms with van der Waals surface area (Å²) in [5.41, 5.74) is 5.83. The number of nitrogens with zero attached hydrogens (tertiary/aromatic N) is 3. The summed E-state index contributed by atoms with van der Waals surface area (Å²) in [6, 6.07) is 0.269. The van der Waals surface area contributed by atoms with Gasteiger partial charge in [-0.15, -0.1) is 0 Å². The minimum atomic E-state index is -0.0900. The highest BCUT2D eigenvalue weighted by atomic mass is 79.9. The Balaban J connectivity index is 1.87. The van der Waals surface area contributed by atoms with Crippen LogP contribution in [0.25, 0.3) is 0 Å². The molecule has 8 heteroatoms. The molecule has 0 radical (unpaired) electrons. The second-order valence-corrected chi connectivity index (χ2v) is 6.06. The molecule has 1 aromatic heterocycles. The van der Waals surface area contributed by atoms with E-state index in [2.05, 4.69) is 52.0 Å². The Hall–Kier alpha value is -0.570. The summed E-state index contributed by atoms with van der Waals surface area (Å²) in [6.07, 6.45) is 3.42. The molecule has 1 fully saturated rings. The van der Waals surface area contributed by atoms with Crippen LogP contribution in [0.15, 0.2) is 15.4 Å². The van der Waals surface area contributed by atoms with E-state index in [-0.39, 0.29) is 11.9 Å². The molecule has 0 aliphatic carbocycles. The standard InChI is InChI=1S/C11H15Br2N5O/c12-8-5-15-11(10(13)16-8)17-9(19)6-18-3-1-7(14)2-4-18/h5,7H,1-4,6,14H2,(H,15,17,19). The lowest BCUT2D eigenvalue weighted by molar-refractivity contribution is -0.117. The third-order valence-electron chi connectivity index (χ3n) is 2.96. The molecule has 1 saturated heterocycles. The number of hydrogen-bond donors (Lipinski definition) is 2. The molecule has 0 aromatic carbocycles. The third kappa shape index (κ3) is 4.48. The van der Waals surface area contributed by atoms with Gasteiger partial charge in [-0.2, -0.15) is 0 Å². The summed E-state index contributed by atoms with van der Waals surface area (Å²) < 4.78 is 1.12. The first kappa shape index (κ1) is 14.8. The van der Waals surface area contributed by atoms with Crippen molar-refractivity contribution in [1.82, 2.24) is 14.9 Å². The maximum Gasteiger partial charge on any atom is 0.239 e. The number of carbonyl (C=O) groups is 1. The molecule has 19 heavy (non-hydrogen) atoms.